The molecule has 0 fully saturated rings. The summed E-state index contributed by atoms with van der Waals surface area (Å²) >= 11 is 10.0. The van der Waals surface area contributed by atoms with E-state index in [2.05, 4.69) is 20.3 Å². The maximum absolute atomic E-state index is 5.88. The van der Waals surface area contributed by atoms with Crippen LogP contribution in [0.3, 0.4) is 0 Å². The van der Waals surface area contributed by atoms with E-state index in [1.54, 1.807) is 0 Å². The van der Waals surface area contributed by atoms with Crippen LogP contribution >= 0.6 is 24.4 Å². The zero-order valence-electron chi connectivity index (χ0n) is 13.4. The van der Waals surface area contributed by atoms with E-state index in [0.29, 0.717) is 41.9 Å². The van der Waals surface area contributed by atoms with Gasteiger partial charge >= 0.3 is 8.80 Å². The number of hydrogen-bond acceptors (Lipinski definition) is 7. The quantitative estimate of drug-likeness (QED) is 0.435. The number of anilines is 1. The predicted molar refractivity (Wildman–Crippen MR) is 93.2 cm³/mol. The molecule has 1 aromatic rings. The van der Waals surface area contributed by atoms with Gasteiger partial charge in [0.1, 0.15) is 0 Å². The molecule has 0 radical (unpaired) electrons. The van der Waals surface area contributed by atoms with Crippen LogP contribution in [-0.4, -0.2) is 50.1 Å². The Morgan fingerprint density at radius 1 is 1.09 bits per heavy atom. The van der Waals surface area contributed by atoms with Crippen molar-refractivity contribution in [3.05, 3.63) is 9.54 Å². The van der Waals surface area contributed by atoms with Crippen molar-refractivity contribution >= 4 is 39.2 Å². The zero-order valence-corrected chi connectivity index (χ0v) is 16.0. The second kappa shape index (κ2) is 9.48. The molecule has 1 atom stereocenters. The molecule has 0 aromatic carbocycles. The largest absolute Gasteiger partial charge is 0.505 e. The second-order valence-corrected chi connectivity index (χ2v) is 8.38. The van der Waals surface area contributed by atoms with E-state index in [0.717, 1.165) is 0 Å². The summed E-state index contributed by atoms with van der Waals surface area (Å²) in [5.41, 5.74) is 0.0499. The summed E-state index contributed by atoms with van der Waals surface area (Å²) in [5, 5.41) is 3.18. The summed E-state index contributed by atoms with van der Waals surface area (Å²) in [7, 11) is -2.74. The summed E-state index contributed by atoms with van der Waals surface area (Å²) in [6.07, 6.45) is 0. The fourth-order valence-corrected chi connectivity index (χ4v) is 5.12. The van der Waals surface area contributed by atoms with Gasteiger partial charge in [0.25, 0.3) is 0 Å². The van der Waals surface area contributed by atoms with E-state index in [1.165, 1.54) is 0 Å². The van der Waals surface area contributed by atoms with Gasteiger partial charge in [0.15, 0.2) is 4.77 Å². The van der Waals surface area contributed by atoms with Gasteiger partial charge in [-0.05, 0) is 45.2 Å². The van der Waals surface area contributed by atoms with Crippen LogP contribution in [-0.2, 0) is 13.3 Å². The second-order valence-electron chi connectivity index (χ2n) is 4.53. The first kappa shape index (κ1) is 19.4. The Morgan fingerprint density at radius 2 is 1.64 bits per heavy atom. The average molecular weight is 365 g/mol. The number of aromatic amines is 2. The van der Waals surface area contributed by atoms with Gasteiger partial charge in [-0.1, -0.05) is 6.92 Å². The lowest BCUT2D eigenvalue weighted by molar-refractivity contribution is 0.0636. The van der Waals surface area contributed by atoms with Gasteiger partial charge in [-0.3, -0.25) is 0 Å². The molecular formula is C12H24N4O3S2Si. The maximum atomic E-state index is 5.88. The number of nitrogens with zero attached hydrogens (tertiary/aromatic N) is 1. The third kappa shape index (κ3) is 5.52. The molecule has 0 aliphatic carbocycles. The molecule has 7 nitrogen and oxygen atoms in total. The highest BCUT2D eigenvalue weighted by Crippen LogP contribution is 2.25. The maximum Gasteiger partial charge on any atom is 0.505 e. The van der Waals surface area contributed by atoms with Gasteiger partial charge in [0.05, 0.1) is 0 Å². The third-order valence-corrected chi connectivity index (χ3v) is 6.76. The van der Waals surface area contributed by atoms with E-state index < -0.39 is 8.80 Å². The highest BCUT2D eigenvalue weighted by Gasteiger charge is 2.46. The van der Waals surface area contributed by atoms with Crippen molar-refractivity contribution in [3.8, 4) is 0 Å². The lowest BCUT2D eigenvalue weighted by atomic mass is 10.5. The van der Waals surface area contributed by atoms with Gasteiger partial charge in [0.2, 0.25) is 10.7 Å². The minimum absolute atomic E-state index is 0.0499. The van der Waals surface area contributed by atoms with Crippen molar-refractivity contribution in [2.45, 2.75) is 33.2 Å². The predicted octanol–water partition coefficient (Wildman–Crippen LogP) is 3.05. The average Bonchev–Trinajstić information content (AvgIpc) is 2.44. The monoisotopic (exact) mass is 364 g/mol. The minimum atomic E-state index is -2.74. The first-order valence-electron chi connectivity index (χ1n) is 7.33. The molecule has 1 rings (SSSR count). The highest BCUT2D eigenvalue weighted by molar-refractivity contribution is 7.71. The van der Waals surface area contributed by atoms with Crippen molar-refractivity contribution in [3.63, 3.8) is 0 Å². The molecule has 0 spiro atoms. The summed E-state index contributed by atoms with van der Waals surface area (Å²) in [4.78, 5) is 9.81. The van der Waals surface area contributed by atoms with E-state index >= 15 is 0 Å². The van der Waals surface area contributed by atoms with Crippen LogP contribution in [0.25, 0.3) is 0 Å². The third-order valence-electron chi connectivity index (χ3n) is 2.88. The molecule has 0 bridgehead atoms. The van der Waals surface area contributed by atoms with Crippen molar-refractivity contribution in [2.24, 2.45) is 0 Å². The number of hydrogen-bond donors (Lipinski definition) is 3. The standard InChI is InChI=1S/C12H24N4O3S2Si/c1-5-17-22(18-6-2,19-7-3)9(4)8-13-10-14-11(20)16-12(21)15-10/h9H,5-8H2,1-4H3,(H3,13,14,15,16,20,21). The van der Waals surface area contributed by atoms with Crippen LogP contribution in [0.4, 0.5) is 5.95 Å². The Labute approximate surface area is 142 Å². The van der Waals surface area contributed by atoms with E-state index in [4.69, 9.17) is 37.7 Å². The first-order valence-corrected chi connectivity index (χ1v) is 9.95. The van der Waals surface area contributed by atoms with Crippen molar-refractivity contribution in [2.75, 3.05) is 31.7 Å². The zero-order chi connectivity index (χ0) is 16.6. The van der Waals surface area contributed by atoms with Crippen LogP contribution < -0.4 is 5.32 Å². The van der Waals surface area contributed by atoms with Gasteiger partial charge < -0.3 is 28.6 Å². The molecule has 1 heterocycles. The van der Waals surface area contributed by atoms with Crippen molar-refractivity contribution in [1.82, 2.24) is 15.0 Å². The van der Waals surface area contributed by atoms with Crippen LogP contribution in [0.15, 0.2) is 0 Å². The Bertz CT molecular complexity index is 521. The number of H-pyrrole nitrogens is 2. The van der Waals surface area contributed by atoms with Crippen LogP contribution in [0.5, 0.6) is 0 Å². The van der Waals surface area contributed by atoms with Gasteiger partial charge in [-0.25, -0.2) is 0 Å². The normalized spacial score (nSPS) is 13.1. The Kier molecular flexibility index (Phi) is 8.36. The molecule has 0 aliphatic rings. The lowest BCUT2D eigenvalue weighted by Crippen LogP contribution is -2.51. The first-order chi connectivity index (χ1) is 10.5. The number of aromatic nitrogens is 3. The topological polar surface area (TPSA) is 84.2 Å². The molecule has 1 unspecified atom stereocenters. The van der Waals surface area contributed by atoms with E-state index in [-0.39, 0.29) is 5.54 Å². The SMILES string of the molecule is CCO[Si](OCC)(OCC)C(C)CNc1nc(=S)[nH]c(=S)[nH]1. The molecule has 10 heteroatoms. The molecular weight excluding hydrogens is 340 g/mol. The highest BCUT2D eigenvalue weighted by atomic mass is 32.1. The Balaban J connectivity index is 2.83. The summed E-state index contributed by atoms with van der Waals surface area (Å²) in [6, 6.07) is 0. The van der Waals surface area contributed by atoms with Gasteiger partial charge in [0, 0.05) is 31.9 Å². The molecule has 0 aliphatic heterocycles. The fourth-order valence-electron chi connectivity index (χ4n) is 2.01. The van der Waals surface area contributed by atoms with Crippen LogP contribution in [0.1, 0.15) is 27.7 Å². The summed E-state index contributed by atoms with van der Waals surface area (Å²) in [6.45, 7) is 10.1. The molecule has 1 aromatic heterocycles. The van der Waals surface area contributed by atoms with Crippen molar-refractivity contribution < 1.29 is 13.3 Å². The van der Waals surface area contributed by atoms with Gasteiger partial charge in [-0.2, -0.15) is 4.98 Å². The van der Waals surface area contributed by atoms with E-state index in [1.807, 2.05) is 27.7 Å². The number of rotatable bonds is 10. The Hall–Kier alpha value is -0.653. The minimum Gasteiger partial charge on any atom is -0.374 e. The smallest absolute Gasteiger partial charge is 0.374 e. The summed E-state index contributed by atoms with van der Waals surface area (Å²) in [5.74, 6) is 0.521. The molecule has 0 saturated heterocycles. The number of nitrogens with one attached hydrogen (secondary N) is 3. The molecule has 0 saturated carbocycles. The fraction of sp³-hybridized carbons (Fsp3) is 0.750. The summed E-state index contributed by atoms with van der Waals surface area (Å²) < 4.78 is 18.4. The van der Waals surface area contributed by atoms with Crippen LogP contribution in [0.2, 0.25) is 5.54 Å². The Morgan fingerprint density at radius 3 is 2.09 bits per heavy atom. The van der Waals surface area contributed by atoms with Crippen molar-refractivity contribution in [1.29, 1.82) is 0 Å². The van der Waals surface area contributed by atoms with Crippen LogP contribution in [0, 0.1) is 9.54 Å². The van der Waals surface area contributed by atoms with Gasteiger partial charge in [-0.15, -0.1) is 0 Å². The molecule has 126 valence electrons. The molecule has 22 heavy (non-hydrogen) atoms. The molecule has 0 amide bonds. The lowest BCUT2D eigenvalue weighted by Gasteiger charge is -2.33. The molecule has 3 N–H and O–H groups in total. The van der Waals surface area contributed by atoms with E-state index in [9.17, 15) is 0 Å².